The minimum absolute atomic E-state index is 0.0234. The second kappa shape index (κ2) is 11.4. The molecule has 1 aliphatic carbocycles. The van der Waals surface area contributed by atoms with Gasteiger partial charge in [-0.2, -0.15) is 13.2 Å². The van der Waals surface area contributed by atoms with Crippen LogP contribution < -0.4 is 15.8 Å². The fourth-order valence-electron chi connectivity index (χ4n) is 5.39. The second-order valence-electron chi connectivity index (χ2n) is 11.2. The SMILES string of the molecule is CC1CN(c2cc(F)c(C3=CCN(C(=O)OC4CC(F)(F)C4)C3)c(F)c2NC(=O)c2c[nH]c(=O)cc2C(F)(F)F)CCN1C. The van der Waals surface area contributed by atoms with E-state index in [0.717, 1.165) is 11.0 Å². The van der Waals surface area contributed by atoms with Gasteiger partial charge in [-0.05, 0) is 19.5 Å². The van der Waals surface area contributed by atoms with Gasteiger partial charge in [-0.3, -0.25) is 9.59 Å². The molecule has 9 nitrogen and oxygen atoms in total. The van der Waals surface area contributed by atoms with Crippen molar-refractivity contribution in [1.29, 1.82) is 0 Å². The number of carbonyl (C=O) groups is 2. The summed E-state index contributed by atoms with van der Waals surface area (Å²) in [6, 6.07) is 1.08. The highest BCUT2D eigenvalue weighted by atomic mass is 19.4. The number of piperazine rings is 1. The van der Waals surface area contributed by atoms with Gasteiger partial charge in [0.15, 0.2) is 5.82 Å². The Hall–Kier alpha value is -4.08. The zero-order valence-electron chi connectivity index (χ0n) is 23.5. The summed E-state index contributed by atoms with van der Waals surface area (Å²) in [4.78, 5) is 43.9. The average molecular weight is 632 g/mol. The van der Waals surface area contributed by atoms with Gasteiger partial charge < -0.3 is 29.7 Å². The van der Waals surface area contributed by atoms with Gasteiger partial charge in [0.05, 0.1) is 22.4 Å². The number of anilines is 2. The van der Waals surface area contributed by atoms with Crippen molar-refractivity contribution in [2.45, 2.75) is 44.0 Å². The highest BCUT2D eigenvalue weighted by Crippen LogP contribution is 2.41. The summed E-state index contributed by atoms with van der Waals surface area (Å²) in [7, 11) is 1.85. The van der Waals surface area contributed by atoms with E-state index in [4.69, 9.17) is 4.74 Å². The van der Waals surface area contributed by atoms with Crippen LogP contribution >= 0.6 is 0 Å². The molecule has 238 valence electrons. The van der Waals surface area contributed by atoms with Crippen molar-refractivity contribution in [2.75, 3.05) is 50.0 Å². The largest absolute Gasteiger partial charge is 0.446 e. The third-order valence-electron chi connectivity index (χ3n) is 8.03. The third-order valence-corrected chi connectivity index (χ3v) is 8.03. The van der Waals surface area contributed by atoms with Gasteiger partial charge in [0.25, 0.3) is 11.8 Å². The number of likely N-dealkylation sites (N-methyl/N-ethyl adjacent to an activating group) is 1. The van der Waals surface area contributed by atoms with E-state index in [1.165, 1.54) is 6.08 Å². The van der Waals surface area contributed by atoms with Crippen LogP contribution in [0, 0.1) is 11.6 Å². The summed E-state index contributed by atoms with van der Waals surface area (Å²) < 4.78 is 104. The Kier molecular flexibility index (Phi) is 8.16. The van der Waals surface area contributed by atoms with Crippen LogP contribution in [0.3, 0.4) is 0 Å². The van der Waals surface area contributed by atoms with Gasteiger partial charge in [0.2, 0.25) is 5.56 Å². The Morgan fingerprint density at radius 1 is 1.14 bits per heavy atom. The number of halogens is 7. The first kappa shape index (κ1) is 31.3. The zero-order chi connectivity index (χ0) is 32.1. The molecule has 1 aromatic carbocycles. The van der Waals surface area contributed by atoms with Gasteiger partial charge in [0.1, 0.15) is 17.6 Å². The molecule has 0 spiro atoms. The van der Waals surface area contributed by atoms with Gasteiger partial charge >= 0.3 is 12.3 Å². The molecule has 0 radical (unpaired) electrons. The summed E-state index contributed by atoms with van der Waals surface area (Å²) >= 11 is 0. The highest BCUT2D eigenvalue weighted by molar-refractivity contribution is 6.07. The highest BCUT2D eigenvalue weighted by Gasteiger charge is 2.48. The van der Waals surface area contributed by atoms with Gasteiger partial charge in [0, 0.05) is 69.9 Å². The molecule has 5 rings (SSSR count). The van der Waals surface area contributed by atoms with Crippen molar-refractivity contribution in [1.82, 2.24) is 14.8 Å². The van der Waals surface area contributed by atoms with Crippen LogP contribution in [0.15, 0.2) is 29.2 Å². The van der Waals surface area contributed by atoms with E-state index >= 15 is 8.78 Å². The Morgan fingerprint density at radius 2 is 1.84 bits per heavy atom. The number of hydrogen-bond donors (Lipinski definition) is 2. The van der Waals surface area contributed by atoms with E-state index in [1.807, 2.05) is 23.9 Å². The minimum atomic E-state index is -5.09. The van der Waals surface area contributed by atoms with Crippen molar-refractivity contribution in [2.24, 2.45) is 0 Å². The lowest BCUT2D eigenvalue weighted by molar-refractivity contribution is -0.147. The molecule has 3 heterocycles. The number of benzene rings is 1. The van der Waals surface area contributed by atoms with E-state index in [1.54, 1.807) is 4.90 Å². The summed E-state index contributed by atoms with van der Waals surface area (Å²) in [6.07, 6.45) is -6.41. The van der Waals surface area contributed by atoms with E-state index < -0.39 is 82.6 Å². The predicted octanol–water partition coefficient (Wildman–Crippen LogP) is 4.70. The normalized spacial score (nSPS) is 20.8. The minimum Gasteiger partial charge on any atom is -0.446 e. The van der Waals surface area contributed by atoms with Crippen LogP contribution in [0.2, 0.25) is 0 Å². The summed E-state index contributed by atoms with van der Waals surface area (Å²) in [5.41, 5.74) is -5.02. The van der Waals surface area contributed by atoms with Crippen LogP contribution in [0.5, 0.6) is 0 Å². The molecule has 1 saturated carbocycles. The summed E-state index contributed by atoms with van der Waals surface area (Å²) in [6.45, 7) is 2.38. The average Bonchev–Trinajstić information content (AvgIpc) is 3.40. The molecule has 1 aromatic heterocycles. The van der Waals surface area contributed by atoms with Crippen LogP contribution in [0.1, 0.15) is 41.3 Å². The molecule has 2 aliphatic heterocycles. The molecule has 2 N–H and O–H groups in total. The molecule has 1 unspecified atom stereocenters. The number of pyridine rings is 1. The maximum absolute atomic E-state index is 16.3. The Bertz CT molecular complexity index is 1570. The second-order valence-corrected chi connectivity index (χ2v) is 11.2. The lowest BCUT2D eigenvalue weighted by Gasteiger charge is -2.40. The molecule has 0 bridgehead atoms. The molecule has 3 aliphatic rings. The first-order valence-electron chi connectivity index (χ1n) is 13.7. The molecule has 2 amide bonds. The predicted molar refractivity (Wildman–Crippen MR) is 145 cm³/mol. The van der Waals surface area contributed by atoms with E-state index in [2.05, 4.69) is 5.32 Å². The molecule has 1 saturated heterocycles. The molecule has 2 fully saturated rings. The van der Waals surface area contributed by atoms with Crippen molar-refractivity contribution < 1.29 is 45.1 Å². The van der Waals surface area contributed by atoms with E-state index in [9.17, 15) is 36.3 Å². The van der Waals surface area contributed by atoms with Crippen LogP contribution in [-0.2, 0) is 10.9 Å². The number of hydrogen-bond acceptors (Lipinski definition) is 6. The number of ether oxygens (including phenoxy) is 1. The van der Waals surface area contributed by atoms with Crippen LogP contribution in [0.4, 0.5) is 46.9 Å². The number of rotatable bonds is 5. The summed E-state index contributed by atoms with van der Waals surface area (Å²) in [5, 5.41) is 2.16. The topological polar surface area (TPSA) is 98.0 Å². The fourth-order valence-corrected chi connectivity index (χ4v) is 5.39. The first-order chi connectivity index (χ1) is 20.5. The number of amides is 2. The molecular weight excluding hydrogens is 603 g/mol. The standard InChI is InChI=1S/C28H28F7N5O4/c1-14-12-39(6-5-38(14)2)20-8-19(29)22(15-3-4-40(13-15)26(43)44-16-9-27(31,32)10-16)23(30)24(20)37-25(42)17-11-36-21(41)7-18(17)28(33,34)35/h3,7-8,11,14,16H,4-6,9-10,12-13H2,1-2H3,(H,36,41)(H,37,42). The zero-order valence-corrected chi connectivity index (χ0v) is 23.5. The fraction of sp³-hybridized carbons (Fsp3) is 0.464. The number of aromatic amines is 1. The molecule has 16 heteroatoms. The number of aromatic nitrogens is 1. The van der Waals surface area contributed by atoms with Crippen LogP contribution in [-0.4, -0.2) is 84.6 Å². The first-order valence-corrected chi connectivity index (χ1v) is 13.7. The van der Waals surface area contributed by atoms with E-state index in [-0.39, 0.29) is 49.5 Å². The maximum Gasteiger partial charge on any atom is 0.417 e. The third kappa shape index (κ3) is 6.25. The smallest absolute Gasteiger partial charge is 0.417 e. The van der Waals surface area contributed by atoms with Gasteiger partial charge in [-0.1, -0.05) is 6.08 Å². The van der Waals surface area contributed by atoms with Crippen LogP contribution in [0.25, 0.3) is 5.57 Å². The quantitative estimate of drug-likeness (QED) is 0.465. The van der Waals surface area contributed by atoms with E-state index in [0.29, 0.717) is 12.7 Å². The number of alkyl halides is 5. The van der Waals surface area contributed by atoms with Crippen molar-refractivity contribution in [3.8, 4) is 0 Å². The number of H-pyrrole nitrogens is 1. The Balaban J connectivity index is 1.48. The maximum atomic E-state index is 16.3. The molecule has 1 atom stereocenters. The lowest BCUT2D eigenvalue weighted by Crippen LogP contribution is -2.50. The Labute approximate surface area is 246 Å². The van der Waals surface area contributed by atoms with Gasteiger partial charge in [-0.15, -0.1) is 0 Å². The molecular formula is C28H28F7N5O4. The lowest BCUT2D eigenvalue weighted by atomic mass is 9.91. The van der Waals surface area contributed by atoms with Crippen molar-refractivity contribution in [3.63, 3.8) is 0 Å². The number of nitrogens with one attached hydrogen (secondary N) is 2. The number of carbonyl (C=O) groups excluding carboxylic acids is 2. The summed E-state index contributed by atoms with van der Waals surface area (Å²) in [5.74, 6) is -6.68. The van der Waals surface area contributed by atoms with Crippen molar-refractivity contribution >= 4 is 28.9 Å². The number of nitrogens with zero attached hydrogens (tertiary/aromatic N) is 3. The van der Waals surface area contributed by atoms with Crippen molar-refractivity contribution in [3.05, 3.63) is 63.1 Å². The molecule has 44 heavy (non-hydrogen) atoms. The monoisotopic (exact) mass is 631 g/mol. The molecule has 2 aromatic rings. The Morgan fingerprint density at radius 3 is 2.48 bits per heavy atom. The van der Waals surface area contributed by atoms with Gasteiger partial charge in [-0.25, -0.2) is 22.4 Å².